The number of ether oxygens (including phenoxy) is 2. The van der Waals surface area contributed by atoms with Gasteiger partial charge in [-0.25, -0.2) is 4.39 Å². The lowest BCUT2D eigenvalue weighted by atomic mass is 10.2. The van der Waals surface area contributed by atoms with Crippen LogP contribution in [-0.2, 0) is 6.61 Å². The van der Waals surface area contributed by atoms with Gasteiger partial charge in [0.05, 0.1) is 7.11 Å². The van der Waals surface area contributed by atoms with Gasteiger partial charge in [-0.1, -0.05) is 18.2 Å². The van der Waals surface area contributed by atoms with Gasteiger partial charge in [0.15, 0.2) is 11.5 Å². The highest BCUT2D eigenvalue weighted by atomic mass is 19.1. The van der Waals surface area contributed by atoms with E-state index >= 15 is 0 Å². The molecule has 2 rings (SSSR count). The van der Waals surface area contributed by atoms with E-state index in [1.807, 2.05) is 18.2 Å². The Morgan fingerprint density at radius 3 is 2.50 bits per heavy atom. The summed E-state index contributed by atoms with van der Waals surface area (Å²) in [7, 11) is 1.58. The van der Waals surface area contributed by atoms with E-state index in [0.717, 1.165) is 5.56 Å². The van der Waals surface area contributed by atoms with Crippen molar-refractivity contribution in [3.63, 3.8) is 0 Å². The molecule has 94 valence electrons. The number of benzene rings is 2. The number of rotatable bonds is 4. The molecular formula is C14H14FNO2. The van der Waals surface area contributed by atoms with Crippen LogP contribution < -0.4 is 15.2 Å². The summed E-state index contributed by atoms with van der Waals surface area (Å²) in [4.78, 5) is 0. The largest absolute Gasteiger partial charge is 0.493 e. The smallest absolute Gasteiger partial charge is 0.161 e. The van der Waals surface area contributed by atoms with Gasteiger partial charge in [0.1, 0.15) is 12.4 Å². The van der Waals surface area contributed by atoms with Crippen LogP contribution in [0.3, 0.4) is 0 Å². The van der Waals surface area contributed by atoms with E-state index in [-0.39, 0.29) is 12.4 Å². The first-order chi connectivity index (χ1) is 8.70. The van der Waals surface area contributed by atoms with Crippen LogP contribution in [-0.4, -0.2) is 7.11 Å². The predicted molar refractivity (Wildman–Crippen MR) is 68.1 cm³/mol. The summed E-state index contributed by atoms with van der Waals surface area (Å²) in [6.07, 6.45) is 0. The summed E-state index contributed by atoms with van der Waals surface area (Å²) in [5.74, 6) is 0.926. The molecule has 2 N–H and O–H groups in total. The summed E-state index contributed by atoms with van der Waals surface area (Å²) in [5, 5.41) is 0. The van der Waals surface area contributed by atoms with E-state index < -0.39 is 0 Å². The molecule has 0 radical (unpaired) electrons. The molecule has 0 amide bonds. The first-order valence-electron chi connectivity index (χ1n) is 5.50. The lowest BCUT2D eigenvalue weighted by Crippen LogP contribution is -2.01. The average molecular weight is 247 g/mol. The van der Waals surface area contributed by atoms with Crippen molar-refractivity contribution in [3.05, 3.63) is 53.8 Å². The zero-order valence-corrected chi connectivity index (χ0v) is 10.0. The van der Waals surface area contributed by atoms with Gasteiger partial charge < -0.3 is 15.2 Å². The highest BCUT2D eigenvalue weighted by molar-refractivity contribution is 5.47. The molecule has 0 saturated heterocycles. The van der Waals surface area contributed by atoms with Crippen molar-refractivity contribution in [2.24, 2.45) is 0 Å². The zero-order chi connectivity index (χ0) is 13.0. The van der Waals surface area contributed by atoms with Gasteiger partial charge >= 0.3 is 0 Å². The van der Waals surface area contributed by atoms with Crippen molar-refractivity contribution in [3.8, 4) is 11.5 Å². The highest BCUT2D eigenvalue weighted by Gasteiger charge is 2.05. The molecule has 4 heteroatoms. The molecule has 0 heterocycles. The standard InChI is InChI=1S/C14H14FNO2/c1-17-13-4-2-3-5-14(13)18-9-10-6-7-11(15)8-12(10)16/h2-8H,9,16H2,1H3. The zero-order valence-electron chi connectivity index (χ0n) is 10.0. The Balaban J connectivity index is 2.11. The van der Waals surface area contributed by atoms with Crippen molar-refractivity contribution >= 4 is 5.69 Å². The Morgan fingerprint density at radius 2 is 1.83 bits per heavy atom. The Morgan fingerprint density at radius 1 is 1.11 bits per heavy atom. The number of hydrogen-bond donors (Lipinski definition) is 1. The van der Waals surface area contributed by atoms with E-state index in [2.05, 4.69) is 0 Å². The number of halogens is 1. The second kappa shape index (κ2) is 5.40. The van der Waals surface area contributed by atoms with Crippen LogP contribution in [0.2, 0.25) is 0 Å². The number of para-hydroxylation sites is 2. The molecule has 0 saturated carbocycles. The van der Waals surface area contributed by atoms with Gasteiger partial charge in [-0.2, -0.15) is 0 Å². The third-order valence-corrected chi connectivity index (χ3v) is 2.56. The topological polar surface area (TPSA) is 44.5 Å². The van der Waals surface area contributed by atoms with Crippen molar-refractivity contribution in [1.82, 2.24) is 0 Å². The summed E-state index contributed by atoms with van der Waals surface area (Å²) in [6, 6.07) is 11.6. The minimum Gasteiger partial charge on any atom is -0.493 e. The SMILES string of the molecule is COc1ccccc1OCc1ccc(F)cc1N. The number of anilines is 1. The fourth-order valence-electron chi connectivity index (χ4n) is 1.59. The van der Waals surface area contributed by atoms with Gasteiger partial charge in [-0.05, 0) is 24.3 Å². The first-order valence-corrected chi connectivity index (χ1v) is 5.50. The van der Waals surface area contributed by atoms with Gasteiger partial charge in [-0.15, -0.1) is 0 Å². The average Bonchev–Trinajstić information content (AvgIpc) is 2.38. The molecule has 0 aliphatic heterocycles. The maximum absolute atomic E-state index is 12.9. The third-order valence-electron chi connectivity index (χ3n) is 2.56. The molecule has 2 aromatic rings. The van der Waals surface area contributed by atoms with Crippen LogP contribution in [0.5, 0.6) is 11.5 Å². The molecule has 18 heavy (non-hydrogen) atoms. The fraction of sp³-hybridized carbons (Fsp3) is 0.143. The van der Waals surface area contributed by atoms with E-state index in [0.29, 0.717) is 17.2 Å². The number of methoxy groups -OCH3 is 1. The molecule has 3 nitrogen and oxygen atoms in total. The van der Waals surface area contributed by atoms with Crippen LogP contribution in [0, 0.1) is 5.82 Å². The van der Waals surface area contributed by atoms with Crippen LogP contribution in [0.25, 0.3) is 0 Å². The second-order valence-corrected chi connectivity index (χ2v) is 3.78. The summed E-state index contributed by atoms with van der Waals surface area (Å²) < 4.78 is 23.7. The van der Waals surface area contributed by atoms with Crippen molar-refractivity contribution < 1.29 is 13.9 Å². The molecule has 0 aliphatic carbocycles. The third kappa shape index (κ3) is 2.71. The van der Waals surface area contributed by atoms with Crippen LogP contribution in [0.4, 0.5) is 10.1 Å². The Labute approximate surface area is 105 Å². The van der Waals surface area contributed by atoms with Crippen molar-refractivity contribution in [2.75, 3.05) is 12.8 Å². The van der Waals surface area contributed by atoms with Crippen LogP contribution in [0.1, 0.15) is 5.56 Å². The Bertz CT molecular complexity index is 543. The van der Waals surface area contributed by atoms with E-state index in [4.69, 9.17) is 15.2 Å². The second-order valence-electron chi connectivity index (χ2n) is 3.78. The number of hydrogen-bond acceptors (Lipinski definition) is 3. The Hall–Kier alpha value is -2.23. The maximum atomic E-state index is 12.9. The molecule has 0 aliphatic rings. The molecule has 0 spiro atoms. The summed E-state index contributed by atoms with van der Waals surface area (Å²) in [5.41, 5.74) is 6.82. The summed E-state index contributed by atoms with van der Waals surface area (Å²) in [6.45, 7) is 0.270. The van der Waals surface area contributed by atoms with Gasteiger partial charge in [0, 0.05) is 11.3 Å². The molecule has 0 bridgehead atoms. The molecule has 0 fully saturated rings. The molecular weight excluding hydrogens is 233 g/mol. The number of nitrogen functional groups attached to an aromatic ring is 1. The molecule has 0 aromatic heterocycles. The van der Waals surface area contributed by atoms with Crippen molar-refractivity contribution in [1.29, 1.82) is 0 Å². The van der Waals surface area contributed by atoms with Crippen LogP contribution >= 0.6 is 0 Å². The van der Waals surface area contributed by atoms with Gasteiger partial charge in [0.2, 0.25) is 0 Å². The van der Waals surface area contributed by atoms with Crippen molar-refractivity contribution in [2.45, 2.75) is 6.61 Å². The fourth-order valence-corrected chi connectivity index (χ4v) is 1.59. The lowest BCUT2D eigenvalue weighted by molar-refractivity contribution is 0.285. The molecule has 2 aromatic carbocycles. The quantitative estimate of drug-likeness (QED) is 0.845. The van der Waals surface area contributed by atoms with E-state index in [9.17, 15) is 4.39 Å². The summed E-state index contributed by atoms with van der Waals surface area (Å²) >= 11 is 0. The van der Waals surface area contributed by atoms with Crippen LogP contribution in [0.15, 0.2) is 42.5 Å². The first kappa shape index (κ1) is 12.2. The Kier molecular flexibility index (Phi) is 3.67. The molecule has 0 unspecified atom stereocenters. The monoisotopic (exact) mass is 247 g/mol. The van der Waals surface area contributed by atoms with E-state index in [1.54, 1.807) is 19.2 Å². The minimum absolute atomic E-state index is 0.270. The normalized spacial score (nSPS) is 10.1. The predicted octanol–water partition coefficient (Wildman–Crippen LogP) is 3.00. The highest BCUT2D eigenvalue weighted by Crippen LogP contribution is 2.27. The van der Waals surface area contributed by atoms with E-state index in [1.165, 1.54) is 12.1 Å². The minimum atomic E-state index is -0.353. The van der Waals surface area contributed by atoms with Gasteiger partial charge in [-0.3, -0.25) is 0 Å². The molecule has 0 atom stereocenters. The van der Waals surface area contributed by atoms with Gasteiger partial charge in [0.25, 0.3) is 0 Å². The number of nitrogens with two attached hydrogens (primary N) is 1. The maximum Gasteiger partial charge on any atom is 0.161 e. The lowest BCUT2D eigenvalue weighted by Gasteiger charge is -2.11.